The number of hydrogen-bond donors (Lipinski definition) is 2. The zero-order valence-corrected chi connectivity index (χ0v) is 17.0. The first-order valence-electron chi connectivity index (χ1n) is 9.75. The largest absolute Gasteiger partial charge is 0.494 e. The van der Waals surface area contributed by atoms with Gasteiger partial charge >= 0.3 is 5.97 Å². The molecule has 0 heterocycles. The molecule has 3 aromatic rings. The van der Waals surface area contributed by atoms with Gasteiger partial charge in [0, 0.05) is 5.69 Å². The second kappa shape index (κ2) is 10.8. The van der Waals surface area contributed by atoms with Gasteiger partial charge in [-0.05, 0) is 61.0 Å². The zero-order valence-electron chi connectivity index (χ0n) is 17.0. The standard InChI is InChI=1S/C24H23NO6/c1-2-29-19-12-14-21(15-13-19)31-20-10-8-18(9-11-20)25-22(26)16-30-24(28)23(27)17-6-4-3-5-7-17/h3-15,23,27H,2,16H2,1H3,(H,25,26)/t23-/m0/s1. The number of rotatable bonds is 9. The lowest BCUT2D eigenvalue weighted by molar-refractivity contribution is -0.156. The summed E-state index contributed by atoms with van der Waals surface area (Å²) < 4.78 is 16.0. The maximum Gasteiger partial charge on any atom is 0.340 e. The molecule has 0 fully saturated rings. The second-order valence-corrected chi connectivity index (χ2v) is 6.50. The number of amides is 1. The molecule has 0 saturated heterocycles. The average Bonchev–Trinajstić information content (AvgIpc) is 2.80. The van der Waals surface area contributed by atoms with Crippen molar-refractivity contribution in [2.45, 2.75) is 13.0 Å². The summed E-state index contributed by atoms with van der Waals surface area (Å²) in [7, 11) is 0. The molecule has 0 aliphatic carbocycles. The number of esters is 1. The molecule has 1 amide bonds. The second-order valence-electron chi connectivity index (χ2n) is 6.50. The minimum atomic E-state index is -1.44. The van der Waals surface area contributed by atoms with E-state index in [-0.39, 0.29) is 0 Å². The van der Waals surface area contributed by atoms with Crippen molar-refractivity contribution in [3.63, 3.8) is 0 Å². The van der Waals surface area contributed by atoms with Crippen LogP contribution in [0.5, 0.6) is 17.2 Å². The van der Waals surface area contributed by atoms with Crippen molar-refractivity contribution in [3.8, 4) is 17.2 Å². The molecule has 0 aliphatic rings. The number of ether oxygens (including phenoxy) is 3. The third kappa shape index (κ3) is 6.58. The first-order chi connectivity index (χ1) is 15.0. The van der Waals surface area contributed by atoms with Crippen molar-refractivity contribution in [2.24, 2.45) is 0 Å². The van der Waals surface area contributed by atoms with Crippen LogP contribution in [0.15, 0.2) is 78.9 Å². The first kappa shape index (κ1) is 21.9. The molecule has 2 N–H and O–H groups in total. The van der Waals surface area contributed by atoms with Crippen LogP contribution in [0.1, 0.15) is 18.6 Å². The molecule has 0 unspecified atom stereocenters. The molecule has 160 valence electrons. The van der Waals surface area contributed by atoms with E-state index in [0.717, 1.165) is 5.75 Å². The van der Waals surface area contributed by atoms with Crippen LogP contribution in [0.3, 0.4) is 0 Å². The number of aliphatic hydroxyl groups excluding tert-OH is 1. The third-order valence-electron chi connectivity index (χ3n) is 4.19. The lowest BCUT2D eigenvalue weighted by Crippen LogP contribution is -2.23. The quantitative estimate of drug-likeness (QED) is 0.506. The number of aliphatic hydroxyl groups is 1. The summed E-state index contributed by atoms with van der Waals surface area (Å²) in [5.74, 6) is 0.614. The average molecular weight is 421 g/mol. The fourth-order valence-electron chi connectivity index (χ4n) is 2.70. The van der Waals surface area contributed by atoms with Crippen LogP contribution in [-0.4, -0.2) is 30.2 Å². The first-order valence-corrected chi connectivity index (χ1v) is 9.75. The maximum absolute atomic E-state index is 12.0. The van der Waals surface area contributed by atoms with E-state index < -0.39 is 24.6 Å². The fraction of sp³-hybridized carbons (Fsp3) is 0.167. The molecule has 31 heavy (non-hydrogen) atoms. The molecular weight excluding hydrogens is 398 g/mol. The van der Waals surface area contributed by atoms with Crippen LogP contribution >= 0.6 is 0 Å². The van der Waals surface area contributed by atoms with Crippen LogP contribution in [0.25, 0.3) is 0 Å². The minimum absolute atomic E-state index is 0.399. The van der Waals surface area contributed by atoms with Gasteiger partial charge in [0.1, 0.15) is 17.2 Å². The molecule has 0 bridgehead atoms. The zero-order chi connectivity index (χ0) is 22.1. The van der Waals surface area contributed by atoms with E-state index in [1.54, 1.807) is 66.7 Å². The van der Waals surface area contributed by atoms with Gasteiger partial charge in [-0.2, -0.15) is 0 Å². The lowest BCUT2D eigenvalue weighted by Gasteiger charge is -2.11. The Bertz CT molecular complexity index is 987. The highest BCUT2D eigenvalue weighted by atomic mass is 16.5. The summed E-state index contributed by atoms with van der Waals surface area (Å²) in [6.07, 6.45) is -1.44. The number of carbonyl (C=O) groups excluding carboxylic acids is 2. The van der Waals surface area contributed by atoms with Crippen LogP contribution < -0.4 is 14.8 Å². The van der Waals surface area contributed by atoms with Crippen molar-refractivity contribution in [1.82, 2.24) is 0 Å². The van der Waals surface area contributed by atoms with Crippen molar-refractivity contribution < 1.29 is 28.9 Å². The molecule has 1 atom stereocenters. The van der Waals surface area contributed by atoms with Crippen molar-refractivity contribution in [3.05, 3.63) is 84.4 Å². The smallest absolute Gasteiger partial charge is 0.340 e. The van der Waals surface area contributed by atoms with E-state index in [1.165, 1.54) is 0 Å². The van der Waals surface area contributed by atoms with Gasteiger partial charge in [-0.3, -0.25) is 4.79 Å². The SMILES string of the molecule is CCOc1ccc(Oc2ccc(NC(=O)COC(=O)[C@@H](O)c3ccccc3)cc2)cc1. The van der Waals surface area contributed by atoms with E-state index in [0.29, 0.717) is 29.4 Å². The Hall–Kier alpha value is -3.84. The maximum atomic E-state index is 12.0. The molecule has 3 rings (SSSR count). The van der Waals surface area contributed by atoms with E-state index in [9.17, 15) is 14.7 Å². The molecule has 0 aromatic heterocycles. The van der Waals surface area contributed by atoms with Gasteiger partial charge in [-0.1, -0.05) is 30.3 Å². The highest BCUT2D eigenvalue weighted by Crippen LogP contribution is 2.25. The topological polar surface area (TPSA) is 94.1 Å². The summed E-state index contributed by atoms with van der Waals surface area (Å²) >= 11 is 0. The van der Waals surface area contributed by atoms with Gasteiger partial charge in [0.15, 0.2) is 12.7 Å². The van der Waals surface area contributed by atoms with Crippen LogP contribution in [0, 0.1) is 0 Å². The summed E-state index contributed by atoms with van der Waals surface area (Å²) in [5, 5.41) is 12.6. The summed E-state index contributed by atoms with van der Waals surface area (Å²) in [6, 6.07) is 22.4. The molecule has 0 radical (unpaired) electrons. The molecular formula is C24H23NO6. The third-order valence-corrected chi connectivity index (χ3v) is 4.19. The highest BCUT2D eigenvalue weighted by Gasteiger charge is 2.19. The Balaban J connectivity index is 1.46. The van der Waals surface area contributed by atoms with Crippen molar-refractivity contribution in [2.75, 3.05) is 18.5 Å². The van der Waals surface area contributed by atoms with Crippen molar-refractivity contribution in [1.29, 1.82) is 0 Å². The fourth-order valence-corrected chi connectivity index (χ4v) is 2.70. The van der Waals surface area contributed by atoms with E-state index >= 15 is 0 Å². The summed E-state index contributed by atoms with van der Waals surface area (Å²) in [4.78, 5) is 23.9. The predicted octanol–water partition coefficient (Wildman–Crippen LogP) is 4.09. The van der Waals surface area contributed by atoms with E-state index in [4.69, 9.17) is 14.2 Å². The van der Waals surface area contributed by atoms with Gasteiger partial charge in [-0.25, -0.2) is 4.79 Å². The number of anilines is 1. The Morgan fingerprint density at radius 2 is 1.45 bits per heavy atom. The number of carbonyl (C=O) groups is 2. The highest BCUT2D eigenvalue weighted by molar-refractivity contribution is 5.93. The molecule has 7 heteroatoms. The predicted molar refractivity (Wildman–Crippen MR) is 115 cm³/mol. The summed E-state index contributed by atoms with van der Waals surface area (Å²) in [6.45, 7) is 2.01. The number of nitrogens with one attached hydrogen (secondary N) is 1. The molecule has 0 aliphatic heterocycles. The van der Waals surface area contributed by atoms with E-state index in [2.05, 4.69) is 5.32 Å². The van der Waals surface area contributed by atoms with Crippen molar-refractivity contribution >= 4 is 17.6 Å². The Labute approximate surface area is 180 Å². The minimum Gasteiger partial charge on any atom is -0.494 e. The van der Waals surface area contributed by atoms with Crippen LogP contribution in [0.4, 0.5) is 5.69 Å². The molecule has 0 spiro atoms. The lowest BCUT2D eigenvalue weighted by atomic mass is 10.1. The van der Waals surface area contributed by atoms with Crippen LogP contribution in [0.2, 0.25) is 0 Å². The van der Waals surface area contributed by atoms with Gasteiger partial charge in [0.2, 0.25) is 0 Å². The van der Waals surface area contributed by atoms with E-state index in [1.807, 2.05) is 19.1 Å². The van der Waals surface area contributed by atoms with Gasteiger partial charge in [-0.15, -0.1) is 0 Å². The van der Waals surface area contributed by atoms with Gasteiger partial charge in [0.25, 0.3) is 5.91 Å². The number of hydrogen-bond acceptors (Lipinski definition) is 6. The Morgan fingerprint density at radius 1 is 0.871 bits per heavy atom. The molecule has 0 saturated carbocycles. The van der Waals surface area contributed by atoms with Gasteiger partial charge < -0.3 is 24.6 Å². The summed E-state index contributed by atoms with van der Waals surface area (Å²) in [5.41, 5.74) is 0.916. The van der Waals surface area contributed by atoms with Gasteiger partial charge in [0.05, 0.1) is 6.61 Å². The molecule has 3 aromatic carbocycles. The normalized spacial score (nSPS) is 11.3. The Kier molecular flexibility index (Phi) is 7.61. The monoisotopic (exact) mass is 421 g/mol. The van der Waals surface area contributed by atoms with Crippen LogP contribution in [-0.2, 0) is 14.3 Å². The number of benzene rings is 3. The molecule has 7 nitrogen and oxygen atoms in total. The Morgan fingerprint density at radius 3 is 2.06 bits per heavy atom.